The van der Waals surface area contributed by atoms with Gasteiger partial charge in [-0.3, -0.25) is 0 Å². The van der Waals surface area contributed by atoms with Crippen LogP contribution in [0.1, 0.15) is 31.4 Å². The zero-order valence-corrected chi connectivity index (χ0v) is 10.6. The van der Waals surface area contributed by atoms with Gasteiger partial charge in [-0.05, 0) is 31.7 Å². The maximum Gasteiger partial charge on any atom is 0.233 e. The quantitative estimate of drug-likeness (QED) is 0.868. The Morgan fingerprint density at radius 1 is 1.29 bits per heavy atom. The van der Waals surface area contributed by atoms with Gasteiger partial charge >= 0.3 is 0 Å². The summed E-state index contributed by atoms with van der Waals surface area (Å²) in [5.41, 5.74) is -0.0911. The molecule has 17 heavy (non-hydrogen) atoms. The maximum atomic E-state index is 10.7. The molecule has 2 aliphatic rings. The summed E-state index contributed by atoms with van der Waals surface area (Å²) in [5, 5.41) is 20.0. The SMILES string of the molecule is COc1ccc(C2(O)CC3CCC(C2)S3)nn1. The monoisotopic (exact) mass is 252 g/mol. The summed E-state index contributed by atoms with van der Waals surface area (Å²) in [6.45, 7) is 0. The zero-order chi connectivity index (χ0) is 11.9. The fourth-order valence-electron chi connectivity index (χ4n) is 2.80. The summed E-state index contributed by atoms with van der Waals surface area (Å²) in [6, 6.07) is 3.60. The Morgan fingerprint density at radius 2 is 2.00 bits per heavy atom. The number of thioether (sulfide) groups is 1. The molecule has 0 aliphatic carbocycles. The van der Waals surface area contributed by atoms with Crippen LogP contribution in [0.25, 0.3) is 0 Å². The van der Waals surface area contributed by atoms with E-state index in [0.29, 0.717) is 22.1 Å². The van der Waals surface area contributed by atoms with Crippen molar-refractivity contribution in [2.45, 2.75) is 41.8 Å². The number of rotatable bonds is 2. The summed E-state index contributed by atoms with van der Waals surface area (Å²) >= 11 is 2.02. The molecule has 1 aromatic heterocycles. The van der Waals surface area contributed by atoms with Crippen LogP contribution in [0.3, 0.4) is 0 Å². The van der Waals surface area contributed by atoms with E-state index in [1.807, 2.05) is 17.8 Å². The van der Waals surface area contributed by atoms with Gasteiger partial charge < -0.3 is 9.84 Å². The molecule has 3 heterocycles. The van der Waals surface area contributed by atoms with E-state index < -0.39 is 5.60 Å². The molecule has 2 bridgehead atoms. The summed E-state index contributed by atoms with van der Waals surface area (Å²) < 4.78 is 4.98. The lowest BCUT2D eigenvalue weighted by atomic mass is 9.90. The van der Waals surface area contributed by atoms with Crippen LogP contribution in [0.2, 0.25) is 0 Å². The average Bonchev–Trinajstić information content (AvgIpc) is 2.69. The summed E-state index contributed by atoms with van der Waals surface area (Å²) in [4.78, 5) is 0. The lowest BCUT2D eigenvalue weighted by Crippen LogP contribution is -2.35. The third-order valence-electron chi connectivity index (χ3n) is 3.65. The van der Waals surface area contributed by atoms with Gasteiger partial charge in [0.2, 0.25) is 5.88 Å². The van der Waals surface area contributed by atoms with Gasteiger partial charge in [0.15, 0.2) is 0 Å². The lowest BCUT2D eigenvalue weighted by Gasteiger charge is -2.35. The van der Waals surface area contributed by atoms with Crippen molar-refractivity contribution in [1.29, 1.82) is 0 Å². The minimum atomic E-state index is -0.781. The second-order valence-corrected chi connectivity index (χ2v) is 6.46. The van der Waals surface area contributed by atoms with Crippen molar-refractivity contribution in [2.24, 2.45) is 0 Å². The highest BCUT2D eigenvalue weighted by Crippen LogP contribution is 2.50. The first-order chi connectivity index (χ1) is 8.19. The standard InChI is InChI=1S/C12H16N2O2S/c1-16-11-5-4-10(13-14-11)12(15)6-8-2-3-9(7-12)17-8/h4-5,8-9,15H,2-3,6-7H2,1H3. The van der Waals surface area contributed by atoms with Crippen LogP contribution in [0, 0.1) is 0 Å². The summed E-state index contributed by atoms with van der Waals surface area (Å²) in [5.74, 6) is 0.491. The van der Waals surface area contributed by atoms with Crippen LogP contribution in [0.5, 0.6) is 5.88 Å². The highest BCUT2D eigenvalue weighted by Gasteiger charge is 2.45. The van der Waals surface area contributed by atoms with Gasteiger partial charge in [0.25, 0.3) is 0 Å². The van der Waals surface area contributed by atoms with Crippen molar-refractivity contribution in [3.05, 3.63) is 17.8 Å². The van der Waals surface area contributed by atoms with Crippen LogP contribution < -0.4 is 4.74 Å². The number of aliphatic hydroxyl groups is 1. The smallest absolute Gasteiger partial charge is 0.233 e. The van der Waals surface area contributed by atoms with Crippen LogP contribution >= 0.6 is 11.8 Å². The molecule has 92 valence electrons. The number of fused-ring (bicyclic) bond motifs is 2. The van der Waals surface area contributed by atoms with E-state index in [2.05, 4.69) is 10.2 Å². The highest BCUT2D eigenvalue weighted by molar-refractivity contribution is 8.00. The number of methoxy groups -OCH3 is 1. The van der Waals surface area contributed by atoms with Crippen molar-refractivity contribution in [3.8, 4) is 5.88 Å². The Bertz CT molecular complexity index is 397. The topological polar surface area (TPSA) is 55.2 Å². The molecule has 0 radical (unpaired) electrons. The van der Waals surface area contributed by atoms with Crippen molar-refractivity contribution < 1.29 is 9.84 Å². The molecular formula is C12H16N2O2S. The first kappa shape index (κ1) is 11.3. The largest absolute Gasteiger partial charge is 0.480 e. The van der Waals surface area contributed by atoms with Gasteiger partial charge in [-0.15, -0.1) is 10.2 Å². The number of nitrogens with zero attached hydrogens (tertiary/aromatic N) is 2. The average molecular weight is 252 g/mol. The Morgan fingerprint density at radius 3 is 2.53 bits per heavy atom. The minimum absolute atomic E-state index is 0.491. The van der Waals surface area contributed by atoms with Gasteiger partial charge in [-0.2, -0.15) is 11.8 Å². The summed E-state index contributed by atoms with van der Waals surface area (Å²) in [6.07, 6.45) is 4.05. The predicted octanol–water partition coefficient (Wildman–Crippen LogP) is 1.73. The Balaban J connectivity index is 1.86. The van der Waals surface area contributed by atoms with Crippen LogP contribution in [-0.2, 0) is 5.60 Å². The van der Waals surface area contributed by atoms with Gasteiger partial charge in [0.05, 0.1) is 12.8 Å². The molecule has 3 rings (SSSR count). The molecular weight excluding hydrogens is 236 g/mol. The first-order valence-electron chi connectivity index (χ1n) is 5.96. The van der Waals surface area contributed by atoms with Crippen molar-refractivity contribution in [2.75, 3.05) is 7.11 Å². The third-order valence-corrected chi connectivity index (χ3v) is 5.23. The van der Waals surface area contributed by atoms with Crippen LogP contribution in [0.15, 0.2) is 12.1 Å². The molecule has 2 atom stereocenters. The van der Waals surface area contributed by atoms with E-state index >= 15 is 0 Å². The fraction of sp³-hybridized carbons (Fsp3) is 0.667. The number of aromatic nitrogens is 2. The predicted molar refractivity (Wildman–Crippen MR) is 66.1 cm³/mol. The minimum Gasteiger partial charge on any atom is -0.480 e. The third kappa shape index (κ3) is 2.02. The Kier molecular flexibility index (Phi) is 2.75. The molecule has 2 aliphatic heterocycles. The van der Waals surface area contributed by atoms with Gasteiger partial charge in [0.1, 0.15) is 5.60 Å². The van der Waals surface area contributed by atoms with E-state index in [4.69, 9.17) is 4.74 Å². The van der Waals surface area contributed by atoms with E-state index in [1.165, 1.54) is 12.8 Å². The van der Waals surface area contributed by atoms with E-state index in [1.54, 1.807) is 13.2 Å². The molecule has 2 saturated heterocycles. The van der Waals surface area contributed by atoms with Gasteiger partial charge in [0, 0.05) is 16.6 Å². The maximum absolute atomic E-state index is 10.7. The molecule has 0 spiro atoms. The molecule has 0 amide bonds. The second-order valence-electron chi connectivity index (χ2n) is 4.86. The molecule has 1 aromatic rings. The van der Waals surface area contributed by atoms with Gasteiger partial charge in [-0.25, -0.2) is 0 Å². The van der Waals surface area contributed by atoms with Crippen LogP contribution in [0.4, 0.5) is 0 Å². The normalized spacial score (nSPS) is 35.9. The van der Waals surface area contributed by atoms with Crippen molar-refractivity contribution in [1.82, 2.24) is 10.2 Å². The summed E-state index contributed by atoms with van der Waals surface area (Å²) in [7, 11) is 1.57. The zero-order valence-electron chi connectivity index (χ0n) is 9.80. The van der Waals surface area contributed by atoms with Crippen LogP contribution in [-0.4, -0.2) is 32.9 Å². The number of hydrogen-bond donors (Lipinski definition) is 1. The number of hydrogen-bond acceptors (Lipinski definition) is 5. The second kappa shape index (κ2) is 4.14. The van der Waals surface area contributed by atoms with Gasteiger partial charge in [-0.1, -0.05) is 0 Å². The Hall–Kier alpha value is -0.810. The van der Waals surface area contributed by atoms with E-state index in [0.717, 1.165) is 12.8 Å². The molecule has 4 nitrogen and oxygen atoms in total. The van der Waals surface area contributed by atoms with E-state index in [-0.39, 0.29) is 0 Å². The van der Waals surface area contributed by atoms with Crippen molar-refractivity contribution >= 4 is 11.8 Å². The fourth-order valence-corrected chi connectivity index (χ4v) is 4.64. The van der Waals surface area contributed by atoms with Crippen molar-refractivity contribution in [3.63, 3.8) is 0 Å². The molecule has 2 fully saturated rings. The molecule has 1 N–H and O–H groups in total. The molecule has 0 saturated carbocycles. The highest BCUT2D eigenvalue weighted by atomic mass is 32.2. The Labute approximate surface area is 105 Å². The molecule has 0 aromatic carbocycles. The van der Waals surface area contributed by atoms with E-state index in [9.17, 15) is 5.11 Å². The molecule has 5 heteroatoms. The first-order valence-corrected chi connectivity index (χ1v) is 6.90. The lowest BCUT2D eigenvalue weighted by molar-refractivity contribution is 0.0143. The number of ether oxygens (including phenoxy) is 1. The molecule has 2 unspecified atom stereocenters.